The van der Waals surface area contributed by atoms with E-state index in [0.717, 1.165) is 0 Å². The SMILES string of the molecule is CN(C)C.[BiH3]. The van der Waals surface area contributed by atoms with Crippen molar-refractivity contribution in [2.24, 2.45) is 0 Å². The summed E-state index contributed by atoms with van der Waals surface area (Å²) in [4.78, 5) is 2.00. The summed E-state index contributed by atoms with van der Waals surface area (Å²) in [7, 11) is 6.00. The first-order valence-corrected chi connectivity index (χ1v) is 1.34. The molecule has 0 unspecified atom stereocenters. The van der Waals surface area contributed by atoms with Crippen LogP contribution in [0, 0.1) is 0 Å². The van der Waals surface area contributed by atoms with E-state index in [1.165, 1.54) is 0 Å². The average Bonchev–Trinajstić information content (AvgIpc) is 0.811. The zero-order valence-electron chi connectivity index (χ0n) is 4.15. The summed E-state index contributed by atoms with van der Waals surface area (Å²) < 4.78 is 0. The van der Waals surface area contributed by atoms with Gasteiger partial charge in [0, 0.05) is 0 Å². The van der Waals surface area contributed by atoms with Crippen LogP contribution in [0.1, 0.15) is 0 Å². The van der Waals surface area contributed by atoms with Crippen molar-refractivity contribution in [2.45, 2.75) is 0 Å². The third kappa shape index (κ3) is 55.1. The van der Waals surface area contributed by atoms with Crippen LogP contribution in [0.25, 0.3) is 0 Å². The Morgan fingerprint density at radius 2 is 1.00 bits per heavy atom. The molecule has 5 heavy (non-hydrogen) atoms. The fourth-order valence-electron chi connectivity index (χ4n) is 0. The minimum atomic E-state index is 0. The third-order valence-corrected chi connectivity index (χ3v) is 0. The molecule has 1 nitrogen and oxygen atoms in total. The van der Waals surface area contributed by atoms with Crippen LogP contribution in [0.2, 0.25) is 0 Å². The fourth-order valence-corrected chi connectivity index (χ4v) is 0. The van der Waals surface area contributed by atoms with Gasteiger partial charge >= 0.3 is 26.2 Å². The van der Waals surface area contributed by atoms with E-state index < -0.39 is 0 Å². The Morgan fingerprint density at radius 1 is 1.00 bits per heavy atom. The number of rotatable bonds is 0. The Morgan fingerprint density at radius 3 is 1.00 bits per heavy atom. The summed E-state index contributed by atoms with van der Waals surface area (Å²) in [6.45, 7) is 0. The van der Waals surface area contributed by atoms with Gasteiger partial charge in [0.25, 0.3) is 0 Å². The predicted octanol–water partition coefficient (Wildman–Crippen LogP) is -1.01. The van der Waals surface area contributed by atoms with Crippen molar-refractivity contribution >= 4 is 26.2 Å². The van der Waals surface area contributed by atoms with Crippen molar-refractivity contribution in [1.82, 2.24) is 4.90 Å². The molecule has 0 N–H and O–H groups in total. The second-order valence-electron chi connectivity index (χ2n) is 1.34. The van der Waals surface area contributed by atoms with Crippen LogP contribution in [0.4, 0.5) is 0 Å². The maximum atomic E-state index is 2.00. The first kappa shape index (κ1) is 9.28. The van der Waals surface area contributed by atoms with Crippen molar-refractivity contribution in [3.63, 3.8) is 0 Å². The van der Waals surface area contributed by atoms with Gasteiger partial charge in [-0.1, -0.05) is 0 Å². The van der Waals surface area contributed by atoms with Crippen molar-refractivity contribution in [3.05, 3.63) is 0 Å². The number of nitrogens with zero attached hydrogens (tertiary/aromatic N) is 1. The van der Waals surface area contributed by atoms with Crippen LogP contribution in [-0.4, -0.2) is 52.2 Å². The van der Waals surface area contributed by atoms with E-state index in [4.69, 9.17) is 0 Å². The molecule has 0 aliphatic carbocycles. The van der Waals surface area contributed by atoms with E-state index >= 15 is 0 Å². The van der Waals surface area contributed by atoms with Gasteiger partial charge in [0.15, 0.2) is 0 Å². The van der Waals surface area contributed by atoms with E-state index in [9.17, 15) is 0 Å². The Hall–Kier alpha value is 0.843. The van der Waals surface area contributed by atoms with E-state index in [-0.39, 0.29) is 26.2 Å². The molecule has 0 saturated heterocycles. The van der Waals surface area contributed by atoms with Crippen molar-refractivity contribution < 1.29 is 0 Å². The van der Waals surface area contributed by atoms with Gasteiger partial charge < -0.3 is 4.90 Å². The third-order valence-electron chi connectivity index (χ3n) is 0. The summed E-state index contributed by atoms with van der Waals surface area (Å²) in [6, 6.07) is 0. The Labute approximate surface area is 52.5 Å². The molecule has 0 rings (SSSR count). The predicted molar refractivity (Wildman–Crippen MR) is 29.5 cm³/mol. The van der Waals surface area contributed by atoms with Gasteiger partial charge in [-0.2, -0.15) is 0 Å². The van der Waals surface area contributed by atoms with Crippen molar-refractivity contribution in [3.8, 4) is 0 Å². The maximum absolute atomic E-state index is 2.00. The molecule has 0 bridgehead atoms. The molecule has 0 radical (unpaired) electrons. The molecule has 2 heteroatoms. The van der Waals surface area contributed by atoms with E-state index in [0.29, 0.717) is 0 Å². The molecule has 0 fully saturated rings. The normalized spacial score (nSPS) is 7.20. The van der Waals surface area contributed by atoms with E-state index in [1.54, 1.807) is 0 Å². The van der Waals surface area contributed by atoms with Crippen LogP contribution < -0.4 is 0 Å². The molecular weight excluding hydrogens is 259 g/mol. The van der Waals surface area contributed by atoms with Crippen LogP contribution in [0.5, 0.6) is 0 Å². The molecule has 0 spiro atoms. The Bertz CT molecular complexity index is 11.6. The van der Waals surface area contributed by atoms with Gasteiger partial charge in [0.05, 0.1) is 0 Å². The topological polar surface area (TPSA) is 3.24 Å². The zero-order chi connectivity index (χ0) is 3.58. The minimum absolute atomic E-state index is 0. The molecule has 0 aromatic carbocycles. The summed E-state index contributed by atoms with van der Waals surface area (Å²) in [5.74, 6) is 0. The van der Waals surface area contributed by atoms with E-state index in [2.05, 4.69) is 0 Å². The number of hydrogen-bond donors (Lipinski definition) is 0. The summed E-state index contributed by atoms with van der Waals surface area (Å²) >= 11 is 0. The second-order valence-corrected chi connectivity index (χ2v) is 1.34. The molecule has 0 amide bonds. The Kier molecular flexibility index (Phi) is 8.99. The molecule has 0 aliphatic rings. The number of hydrogen-bond acceptors (Lipinski definition) is 1. The van der Waals surface area contributed by atoms with Gasteiger partial charge in [-0.05, 0) is 21.1 Å². The van der Waals surface area contributed by atoms with Crippen LogP contribution >= 0.6 is 0 Å². The van der Waals surface area contributed by atoms with Crippen LogP contribution in [0.3, 0.4) is 0 Å². The van der Waals surface area contributed by atoms with Gasteiger partial charge in [-0.15, -0.1) is 0 Å². The van der Waals surface area contributed by atoms with Crippen molar-refractivity contribution in [2.75, 3.05) is 21.1 Å². The quantitative estimate of drug-likeness (QED) is 0.511. The van der Waals surface area contributed by atoms with Crippen molar-refractivity contribution in [1.29, 1.82) is 0 Å². The molecule has 0 saturated carbocycles. The second kappa shape index (κ2) is 4.84. The molecule has 34 valence electrons. The standard InChI is InChI=1S/C3H9N.Bi.3H/c1-4(2)3;;;;/h1-3H3;;;;. The molecule has 0 aromatic heterocycles. The van der Waals surface area contributed by atoms with Gasteiger partial charge in [-0.3, -0.25) is 0 Å². The zero-order valence-corrected chi connectivity index (χ0v) is 9.65. The molecule has 0 atom stereocenters. The molecular formula is C3H12BiN. The van der Waals surface area contributed by atoms with Gasteiger partial charge in [0.1, 0.15) is 0 Å². The first-order valence-electron chi connectivity index (χ1n) is 1.34. The summed E-state index contributed by atoms with van der Waals surface area (Å²) in [5.41, 5.74) is 0. The average molecular weight is 271 g/mol. The summed E-state index contributed by atoms with van der Waals surface area (Å²) in [5, 5.41) is 0. The van der Waals surface area contributed by atoms with E-state index in [1.807, 2.05) is 26.0 Å². The summed E-state index contributed by atoms with van der Waals surface area (Å²) in [6.07, 6.45) is 0. The molecule has 0 aliphatic heterocycles. The van der Waals surface area contributed by atoms with Crippen LogP contribution in [-0.2, 0) is 0 Å². The Balaban J connectivity index is 0. The fraction of sp³-hybridized carbons (Fsp3) is 1.00. The van der Waals surface area contributed by atoms with Gasteiger partial charge in [0.2, 0.25) is 0 Å². The van der Waals surface area contributed by atoms with Gasteiger partial charge in [-0.25, -0.2) is 0 Å². The first-order chi connectivity index (χ1) is 1.73. The molecule has 0 aromatic rings. The molecule has 0 heterocycles. The van der Waals surface area contributed by atoms with Crippen LogP contribution in [0.15, 0.2) is 0 Å². The monoisotopic (exact) mass is 271 g/mol.